The molecule has 0 amide bonds. The number of phenols is 1. The number of carbonyl (C=O) groups excluding carboxylic acids is 1. The van der Waals surface area contributed by atoms with Crippen LogP contribution in [0.5, 0.6) is 28.7 Å². The molecule has 10 nitrogen and oxygen atoms in total. The lowest BCUT2D eigenvalue weighted by atomic mass is 9.71. The van der Waals surface area contributed by atoms with E-state index in [1.807, 2.05) is 51.2 Å². The minimum absolute atomic E-state index is 0.0410. The van der Waals surface area contributed by atoms with Gasteiger partial charge in [0, 0.05) is 40.4 Å². The molecule has 3 aromatic carbocycles. The number of nitriles is 1. The van der Waals surface area contributed by atoms with Gasteiger partial charge in [0.1, 0.15) is 25.0 Å². The highest BCUT2D eigenvalue weighted by molar-refractivity contribution is 5.87. The van der Waals surface area contributed by atoms with Crippen LogP contribution in [-0.2, 0) is 22.4 Å². The van der Waals surface area contributed by atoms with Crippen molar-refractivity contribution in [2.45, 2.75) is 56.9 Å². The molecule has 0 aromatic heterocycles. The first-order chi connectivity index (χ1) is 23.3. The van der Waals surface area contributed by atoms with Crippen molar-refractivity contribution in [2.75, 3.05) is 34.2 Å². The van der Waals surface area contributed by atoms with Crippen LogP contribution in [0.1, 0.15) is 51.0 Å². The van der Waals surface area contributed by atoms with E-state index in [4.69, 9.17) is 23.7 Å². The Balaban J connectivity index is 1.39. The lowest BCUT2D eigenvalue weighted by Crippen LogP contribution is -2.68. The fraction of sp³-hybridized carbons (Fsp3) is 0.368. The molecule has 0 saturated carbocycles. The molecule has 1 saturated heterocycles. The molecule has 10 heteroatoms. The summed E-state index contributed by atoms with van der Waals surface area (Å²) in [6.45, 7) is 7.99. The number of hydrogen-bond acceptors (Lipinski definition) is 10. The molecular formula is C38H39N3O7. The lowest BCUT2D eigenvalue weighted by Gasteiger charge is -2.59. The Labute approximate surface area is 280 Å². The van der Waals surface area contributed by atoms with Crippen molar-refractivity contribution in [3.8, 4) is 34.8 Å². The number of nitrogens with zero attached hydrogens (tertiary/aromatic N) is 3. The first kappa shape index (κ1) is 31.6. The van der Waals surface area contributed by atoms with Gasteiger partial charge in [-0.05, 0) is 56.5 Å². The van der Waals surface area contributed by atoms with Gasteiger partial charge in [0.2, 0.25) is 6.79 Å². The molecule has 0 aliphatic carbocycles. The van der Waals surface area contributed by atoms with Gasteiger partial charge in [-0.25, -0.2) is 4.79 Å². The van der Waals surface area contributed by atoms with Gasteiger partial charge in [-0.2, -0.15) is 5.26 Å². The summed E-state index contributed by atoms with van der Waals surface area (Å²) in [4.78, 5) is 17.6. The molecule has 3 aromatic rings. The molecule has 1 N–H and O–H groups in total. The molecule has 2 bridgehead atoms. The van der Waals surface area contributed by atoms with Gasteiger partial charge in [-0.15, -0.1) is 0 Å². The van der Waals surface area contributed by atoms with Crippen molar-refractivity contribution in [3.63, 3.8) is 0 Å². The summed E-state index contributed by atoms with van der Waals surface area (Å²) in [5.41, 5.74) is 6.00. The summed E-state index contributed by atoms with van der Waals surface area (Å²) in [5.74, 6) is 1.87. The Morgan fingerprint density at radius 1 is 1.12 bits per heavy atom. The molecule has 1 fully saturated rings. The number of ether oxygens (including phenoxy) is 5. The molecule has 0 spiro atoms. The Bertz CT molecular complexity index is 1850. The molecule has 5 atom stereocenters. The Morgan fingerprint density at radius 3 is 2.62 bits per heavy atom. The zero-order valence-electron chi connectivity index (χ0n) is 27.6. The van der Waals surface area contributed by atoms with Crippen LogP contribution in [0.3, 0.4) is 0 Å². The van der Waals surface area contributed by atoms with Crippen LogP contribution in [-0.4, -0.2) is 73.2 Å². The molecule has 4 aliphatic rings. The van der Waals surface area contributed by atoms with Gasteiger partial charge in [0.15, 0.2) is 23.0 Å². The number of piperazine rings is 1. The van der Waals surface area contributed by atoms with Crippen molar-refractivity contribution in [2.24, 2.45) is 0 Å². The van der Waals surface area contributed by atoms with Crippen molar-refractivity contribution in [1.82, 2.24) is 9.80 Å². The van der Waals surface area contributed by atoms with Crippen molar-refractivity contribution < 1.29 is 33.6 Å². The van der Waals surface area contributed by atoms with E-state index in [2.05, 4.69) is 28.5 Å². The normalized spacial score (nSPS) is 23.9. The van der Waals surface area contributed by atoms with Crippen LogP contribution >= 0.6 is 0 Å². The third kappa shape index (κ3) is 4.97. The summed E-state index contributed by atoms with van der Waals surface area (Å²) < 4.78 is 30.1. The number of methoxy groups -OCH3 is 1. The number of phenolic OH excluding ortho intramolecular Hbond substituents is 1. The van der Waals surface area contributed by atoms with E-state index in [1.54, 1.807) is 19.3 Å². The van der Waals surface area contributed by atoms with Crippen LogP contribution in [0.15, 0.2) is 55.1 Å². The summed E-state index contributed by atoms with van der Waals surface area (Å²) in [5, 5.41) is 22.6. The zero-order chi connectivity index (χ0) is 33.7. The molecule has 7 rings (SSSR count). The largest absolute Gasteiger partial charge is 0.504 e. The van der Waals surface area contributed by atoms with E-state index in [1.165, 1.54) is 6.08 Å². The minimum Gasteiger partial charge on any atom is -0.504 e. The Hall–Kier alpha value is -4.98. The highest BCUT2D eigenvalue weighted by Crippen LogP contribution is 2.58. The van der Waals surface area contributed by atoms with Crippen LogP contribution in [0, 0.1) is 25.2 Å². The second kappa shape index (κ2) is 12.6. The summed E-state index contributed by atoms with van der Waals surface area (Å²) in [6, 6.07) is 12.3. The summed E-state index contributed by atoms with van der Waals surface area (Å²) in [7, 11) is 3.58. The maximum absolute atomic E-state index is 13.2. The predicted octanol–water partition coefficient (Wildman–Crippen LogP) is 5.34. The number of carbonyl (C=O) groups is 1. The molecule has 0 radical (unpaired) electrons. The smallest absolute Gasteiger partial charge is 0.330 e. The van der Waals surface area contributed by atoms with E-state index in [-0.39, 0.29) is 43.9 Å². The number of fused-ring (bicyclic) bond motifs is 9. The molecule has 1 unspecified atom stereocenters. The average molecular weight is 650 g/mol. The highest BCUT2D eigenvalue weighted by atomic mass is 16.7. The second-order valence-corrected chi connectivity index (χ2v) is 12.7. The first-order valence-corrected chi connectivity index (χ1v) is 16.2. The number of benzene rings is 3. The lowest BCUT2D eigenvalue weighted by molar-refractivity contribution is -0.143. The van der Waals surface area contributed by atoms with E-state index in [9.17, 15) is 15.2 Å². The van der Waals surface area contributed by atoms with Crippen LogP contribution in [0.2, 0.25) is 0 Å². The molecule has 48 heavy (non-hydrogen) atoms. The Morgan fingerprint density at radius 2 is 1.90 bits per heavy atom. The average Bonchev–Trinajstić information content (AvgIpc) is 3.58. The Kier molecular flexibility index (Phi) is 8.27. The quantitative estimate of drug-likeness (QED) is 0.195. The van der Waals surface area contributed by atoms with Gasteiger partial charge in [-0.1, -0.05) is 49.1 Å². The van der Waals surface area contributed by atoms with Gasteiger partial charge >= 0.3 is 5.97 Å². The summed E-state index contributed by atoms with van der Waals surface area (Å²) in [6.07, 6.45) is 5.86. The zero-order valence-corrected chi connectivity index (χ0v) is 27.6. The maximum Gasteiger partial charge on any atom is 0.330 e. The number of rotatable bonds is 8. The maximum atomic E-state index is 13.2. The van der Waals surface area contributed by atoms with Crippen LogP contribution in [0.4, 0.5) is 0 Å². The standard InChI is InChI=1S/C38H39N3O7/c1-6-14-45-36-22(3)37-38(48-20-47-37)32-25(36)17-27-33-31-24(15-21(2)35(44-5)34(31)43)16-26(40(33)4)28(18-39)41(27)29(32)19-46-30(42)13-12-23-10-8-7-9-11-23/h6-13,15,26-29,33,43H,1,14,16-17,19-20H2,2-5H3/t26-,27?,28-,29-,33-/m0/s1. The van der Waals surface area contributed by atoms with Crippen molar-refractivity contribution in [1.29, 1.82) is 5.26 Å². The third-order valence-corrected chi connectivity index (χ3v) is 10.2. The minimum atomic E-state index is -0.575. The molecular weight excluding hydrogens is 610 g/mol. The third-order valence-electron chi connectivity index (χ3n) is 10.2. The first-order valence-electron chi connectivity index (χ1n) is 16.2. The topological polar surface area (TPSA) is 114 Å². The van der Waals surface area contributed by atoms with Gasteiger partial charge < -0.3 is 28.8 Å². The van der Waals surface area contributed by atoms with Crippen LogP contribution in [0.25, 0.3) is 6.08 Å². The number of aromatic hydroxyl groups is 1. The highest BCUT2D eigenvalue weighted by Gasteiger charge is 2.57. The van der Waals surface area contributed by atoms with E-state index in [0.29, 0.717) is 35.8 Å². The monoisotopic (exact) mass is 649 g/mol. The van der Waals surface area contributed by atoms with Gasteiger partial charge in [0.05, 0.1) is 25.3 Å². The van der Waals surface area contributed by atoms with E-state index >= 15 is 0 Å². The fourth-order valence-corrected chi connectivity index (χ4v) is 8.27. The van der Waals surface area contributed by atoms with Crippen LogP contribution < -0.4 is 18.9 Å². The number of esters is 1. The van der Waals surface area contributed by atoms with Crippen molar-refractivity contribution >= 4 is 12.0 Å². The second-order valence-electron chi connectivity index (χ2n) is 12.7. The van der Waals surface area contributed by atoms with E-state index in [0.717, 1.165) is 38.9 Å². The molecule has 248 valence electrons. The molecule has 4 heterocycles. The SMILES string of the molecule is C=CCOc1c(C)c2c(c3c1CC1[C@H]4c5c(cc(C)c(OC)c5O)C[C@@H]([C@H](C#N)N1[C@H]3COC(=O)C=Cc1ccccc1)N4C)OCO2. The number of likely N-dealkylation sites (N-methyl/N-ethyl adjacent to an activating group) is 1. The number of aryl methyl sites for hydroxylation is 1. The van der Waals surface area contributed by atoms with E-state index < -0.39 is 18.1 Å². The van der Waals surface area contributed by atoms with Gasteiger partial charge in [0.25, 0.3) is 0 Å². The van der Waals surface area contributed by atoms with Crippen molar-refractivity contribution in [3.05, 3.63) is 94.1 Å². The predicted molar refractivity (Wildman–Crippen MR) is 178 cm³/mol. The molecule has 4 aliphatic heterocycles. The van der Waals surface area contributed by atoms with Gasteiger partial charge in [-0.3, -0.25) is 9.80 Å². The number of hydrogen-bond donors (Lipinski definition) is 1. The fourth-order valence-electron chi connectivity index (χ4n) is 8.27. The summed E-state index contributed by atoms with van der Waals surface area (Å²) >= 11 is 0.